The monoisotopic (exact) mass is 254 g/mol. The normalized spacial score (nSPS) is 27.0. The van der Waals surface area contributed by atoms with Crippen molar-refractivity contribution in [2.45, 2.75) is 84.7 Å². The van der Waals surface area contributed by atoms with Crippen molar-refractivity contribution in [1.29, 1.82) is 0 Å². The summed E-state index contributed by atoms with van der Waals surface area (Å²) < 4.78 is 0. The predicted octanol–water partition coefficient (Wildman–Crippen LogP) is 3.70. The molecule has 0 aliphatic heterocycles. The molecule has 0 aromatic rings. The first kappa shape index (κ1) is 16.0. The standard InChI is InChI=1S/C16H34N2/c1-15(2,3)12-16(4,5)18-11-13-9-7-6-8-10-14(13)17/h13-14,18H,6-12,17H2,1-5H3. The van der Waals surface area contributed by atoms with Crippen LogP contribution < -0.4 is 11.1 Å². The van der Waals surface area contributed by atoms with Gasteiger partial charge in [0.1, 0.15) is 0 Å². The lowest BCUT2D eigenvalue weighted by molar-refractivity contribution is 0.224. The molecule has 108 valence electrons. The summed E-state index contributed by atoms with van der Waals surface area (Å²) in [5.74, 6) is 0.673. The smallest absolute Gasteiger partial charge is 0.0130 e. The van der Waals surface area contributed by atoms with Gasteiger partial charge in [-0.3, -0.25) is 0 Å². The van der Waals surface area contributed by atoms with Gasteiger partial charge in [-0.2, -0.15) is 0 Å². The van der Waals surface area contributed by atoms with E-state index >= 15 is 0 Å². The molecule has 0 aromatic carbocycles. The van der Waals surface area contributed by atoms with Crippen molar-refractivity contribution in [2.75, 3.05) is 6.54 Å². The SMILES string of the molecule is CC(C)(C)CC(C)(C)NCC1CCCCCC1N. The van der Waals surface area contributed by atoms with E-state index in [1.54, 1.807) is 0 Å². The molecule has 2 atom stereocenters. The molecule has 0 heterocycles. The zero-order valence-electron chi connectivity index (χ0n) is 13.2. The summed E-state index contributed by atoms with van der Waals surface area (Å²) in [5.41, 5.74) is 6.89. The van der Waals surface area contributed by atoms with E-state index in [4.69, 9.17) is 5.73 Å². The van der Waals surface area contributed by atoms with Crippen molar-refractivity contribution in [1.82, 2.24) is 5.32 Å². The molecule has 2 nitrogen and oxygen atoms in total. The molecule has 0 bridgehead atoms. The molecular formula is C16H34N2. The molecule has 1 saturated carbocycles. The van der Waals surface area contributed by atoms with Crippen LogP contribution >= 0.6 is 0 Å². The van der Waals surface area contributed by atoms with Gasteiger partial charge in [0.15, 0.2) is 0 Å². The minimum atomic E-state index is 0.213. The van der Waals surface area contributed by atoms with Gasteiger partial charge in [-0.05, 0) is 51.0 Å². The Bertz CT molecular complexity index is 240. The van der Waals surface area contributed by atoms with E-state index in [0.29, 0.717) is 17.4 Å². The maximum atomic E-state index is 6.30. The third-order valence-corrected chi connectivity index (χ3v) is 4.03. The Morgan fingerprint density at radius 2 is 1.61 bits per heavy atom. The average molecular weight is 254 g/mol. The van der Waals surface area contributed by atoms with Crippen LogP contribution in [0.3, 0.4) is 0 Å². The quantitative estimate of drug-likeness (QED) is 0.751. The van der Waals surface area contributed by atoms with Crippen molar-refractivity contribution in [3.63, 3.8) is 0 Å². The topological polar surface area (TPSA) is 38.0 Å². The molecule has 0 spiro atoms. The highest BCUT2D eigenvalue weighted by atomic mass is 15.0. The van der Waals surface area contributed by atoms with Crippen molar-refractivity contribution in [2.24, 2.45) is 17.1 Å². The minimum absolute atomic E-state index is 0.213. The lowest BCUT2D eigenvalue weighted by Gasteiger charge is -2.35. The first-order valence-corrected chi connectivity index (χ1v) is 7.70. The summed E-state index contributed by atoms with van der Waals surface area (Å²) in [5, 5.41) is 3.76. The Morgan fingerprint density at radius 1 is 1.00 bits per heavy atom. The van der Waals surface area contributed by atoms with E-state index in [-0.39, 0.29) is 5.54 Å². The predicted molar refractivity (Wildman–Crippen MR) is 80.7 cm³/mol. The van der Waals surface area contributed by atoms with Gasteiger partial charge in [-0.25, -0.2) is 0 Å². The Morgan fingerprint density at radius 3 is 2.22 bits per heavy atom. The third-order valence-electron chi connectivity index (χ3n) is 4.03. The fourth-order valence-corrected chi connectivity index (χ4v) is 3.46. The molecule has 18 heavy (non-hydrogen) atoms. The maximum Gasteiger partial charge on any atom is 0.0130 e. The molecule has 0 aromatic heterocycles. The van der Waals surface area contributed by atoms with Crippen molar-refractivity contribution in [3.8, 4) is 0 Å². The van der Waals surface area contributed by atoms with Gasteiger partial charge in [0.05, 0.1) is 0 Å². The maximum absolute atomic E-state index is 6.30. The van der Waals surface area contributed by atoms with E-state index < -0.39 is 0 Å². The molecule has 1 aliphatic carbocycles. The number of rotatable bonds is 4. The second-order valence-electron chi connectivity index (χ2n) is 8.06. The van der Waals surface area contributed by atoms with Gasteiger partial charge in [0.2, 0.25) is 0 Å². The fraction of sp³-hybridized carbons (Fsp3) is 1.00. The largest absolute Gasteiger partial charge is 0.327 e. The molecule has 2 unspecified atom stereocenters. The van der Waals surface area contributed by atoms with Crippen LogP contribution in [-0.4, -0.2) is 18.1 Å². The van der Waals surface area contributed by atoms with Crippen LogP contribution in [0.5, 0.6) is 0 Å². The van der Waals surface area contributed by atoms with E-state index in [1.165, 1.54) is 38.5 Å². The second-order valence-corrected chi connectivity index (χ2v) is 8.06. The second kappa shape index (κ2) is 6.38. The molecule has 1 fully saturated rings. The highest BCUT2D eigenvalue weighted by molar-refractivity contribution is 4.86. The molecule has 1 rings (SSSR count). The highest BCUT2D eigenvalue weighted by Crippen LogP contribution is 2.28. The zero-order valence-corrected chi connectivity index (χ0v) is 13.2. The van der Waals surface area contributed by atoms with Gasteiger partial charge < -0.3 is 11.1 Å². The Hall–Kier alpha value is -0.0800. The van der Waals surface area contributed by atoms with E-state index in [1.807, 2.05) is 0 Å². The zero-order chi connectivity index (χ0) is 13.8. The van der Waals surface area contributed by atoms with Crippen LogP contribution in [0.2, 0.25) is 0 Å². The first-order chi connectivity index (χ1) is 8.20. The fourth-order valence-electron chi connectivity index (χ4n) is 3.46. The van der Waals surface area contributed by atoms with Crippen molar-refractivity contribution in [3.05, 3.63) is 0 Å². The van der Waals surface area contributed by atoms with Crippen LogP contribution in [0.4, 0.5) is 0 Å². The third kappa shape index (κ3) is 6.19. The molecule has 2 heteroatoms. The summed E-state index contributed by atoms with van der Waals surface area (Å²) in [6, 6.07) is 0.408. The summed E-state index contributed by atoms with van der Waals surface area (Å²) >= 11 is 0. The average Bonchev–Trinajstić information content (AvgIpc) is 2.36. The summed E-state index contributed by atoms with van der Waals surface area (Å²) in [6.07, 6.45) is 7.77. The van der Waals surface area contributed by atoms with Crippen LogP contribution in [0.25, 0.3) is 0 Å². The van der Waals surface area contributed by atoms with E-state index in [9.17, 15) is 0 Å². The lowest BCUT2D eigenvalue weighted by Crippen LogP contribution is -2.47. The minimum Gasteiger partial charge on any atom is -0.327 e. The molecule has 0 saturated heterocycles. The Labute approximate surface area is 114 Å². The molecule has 0 radical (unpaired) electrons. The number of hydrogen-bond donors (Lipinski definition) is 2. The van der Waals surface area contributed by atoms with Crippen LogP contribution in [0.1, 0.15) is 73.1 Å². The number of nitrogens with one attached hydrogen (secondary N) is 1. The van der Waals surface area contributed by atoms with Crippen LogP contribution in [0.15, 0.2) is 0 Å². The molecule has 1 aliphatic rings. The molecule has 3 N–H and O–H groups in total. The Balaban J connectivity index is 2.42. The van der Waals surface area contributed by atoms with Gasteiger partial charge >= 0.3 is 0 Å². The van der Waals surface area contributed by atoms with Crippen molar-refractivity contribution < 1.29 is 0 Å². The summed E-state index contributed by atoms with van der Waals surface area (Å²) in [4.78, 5) is 0. The van der Waals surface area contributed by atoms with Crippen LogP contribution in [0, 0.1) is 11.3 Å². The summed E-state index contributed by atoms with van der Waals surface area (Å²) in [7, 11) is 0. The number of nitrogens with two attached hydrogens (primary N) is 1. The van der Waals surface area contributed by atoms with E-state index in [0.717, 1.165) is 6.54 Å². The highest BCUT2D eigenvalue weighted by Gasteiger charge is 2.27. The molecular weight excluding hydrogens is 220 g/mol. The van der Waals surface area contributed by atoms with E-state index in [2.05, 4.69) is 39.9 Å². The number of hydrogen-bond acceptors (Lipinski definition) is 2. The van der Waals surface area contributed by atoms with Gasteiger partial charge in [-0.15, -0.1) is 0 Å². The van der Waals surface area contributed by atoms with Crippen molar-refractivity contribution >= 4 is 0 Å². The molecule has 0 amide bonds. The van der Waals surface area contributed by atoms with Gasteiger partial charge in [0, 0.05) is 11.6 Å². The van der Waals surface area contributed by atoms with Gasteiger partial charge in [-0.1, -0.05) is 40.0 Å². The first-order valence-electron chi connectivity index (χ1n) is 7.70. The summed E-state index contributed by atoms with van der Waals surface area (Å²) in [6.45, 7) is 12.7. The van der Waals surface area contributed by atoms with Gasteiger partial charge in [0.25, 0.3) is 0 Å². The lowest BCUT2D eigenvalue weighted by atomic mass is 9.81. The Kier molecular flexibility index (Phi) is 5.67. The van der Waals surface area contributed by atoms with Crippen LogP contribution in [-0.2, 0) is 0 Å².